The van der Waals surface area contributed by atoms with Crippen molar-refractivity contribution in [2.45, 2.75) is 39.0 Å². The Hall–Kier alpha value is -2.90. The summed E-state index contributed by atoms with van der Waals surface area (Å²) >= 11 is 0.270. The Morgan fingerprint density at radius 3 is 2.81 bits per heavy atom. The van der Waals surface area contributed by atoms with Gasteiger partial charge in [0.25, 0.3) is 0 Å². The van der Waals surface area contributed by atoms with E-state index in [4.69, 9.17) is 19.2 Å². The van der Waals surface area contributed by atoms with Gasteiger partial charge in [0.05, 0.1) is 0 Å². The Morgan fingerprint density at radius 2 is 2.03 bits per heavy atom. The van der Waals surface area contributed by atoms with Gasteiger partial charge in [-0.05, 0) is 0 Å². The Bertz CT molecular complexity index is 1350. The van der Waals surface area contributed by atoms with Gasteiger partial charge < -0.3 is 0 Å². The Morgan fingerprint density at radius 1 is 1.17 bits per heavy atom. The van der Waals surface area contributed by atoms with Crippen LogP contribution in [0, 0.1) is 6.92 Å². The molecule has 2 N–H and O–H groups in total. The summed E-state index contributed by atoms with van der Waals surface area (Å²) in [5, 5.41) is 7.86. The monoisotopic (exact) mass is 552 g/mol. The topological polar surface area (TPSA) is 77.5 Å². The molecule has 0 amide bonds. The molecule has 5 rings (SSSR count). The molecule has 8 heteroatoms. The number of benzene rings is 2. The number of rotatable bonds is 9. The minimum absolute atomic E-state index is 0.0275. The molecule has 2 aromatic carbocycles. The quantitative estimate of drug-likeness (QED) is 0.291. The van der Waals surface area contributed by atoms with E-state index in [0.29, 0.717) is 23.9 Å². The second-order valence-electron chi connectivity index (χ2n) is 9.03. The SMILES string of the molecule is CNCc1ccccc1-c1c[se]c([C@@H](C)Nc2nc(C)nc3cc(OC)c(O[C@H]4CCOC4)cc23)c1. The predicted octanol–water partition coefficient (Wildman–Crippen LogP) is 4.73. The second kappa shape index (κ2) is 11.0. The Kier molecular flexibility index (Phi) is 7.58. The number of hydrogen-bond donors (Lipinski definition) is 2. The standard InChI is InChI=1S/C28H32N4O3Se/c1-17(27-11-20(16-36-27)22-8-6-5-7-19(22)14-29-3)30-28-23-12-26(35-21-9-10-34-15-21)25(33-4)13-24(23)31-18(2)32-28/h5-8,11-13,16-17,21,29H,9-10,14-15H2,1-4H3,(H,30,31,32)/t17-,21+/m1/s1. The zero-order valence-electron chi connectivity index (χ0n) is 21.1. The van der Waals surface area contributed by atoms with Crippen molar-refractivity contribution in [2.24, 2.45) is 0 Å². The molecule has 7 nitrogen and oxygen atoms in total. The fraction of sp³-hybridized carbons (Fsp3) is 0.357. The number of ether oxygens (including phenoxy) is 3. The molecule has 0 bridgehead atoms. The van der Waals surface area contributed by atoms with Crippen LogP contribution in [-0.4, -0.2) is 57.9 Å². The summed E-state index contributed by atoms with van der Waals surface area (Å²) in [6.07, 6.45) is 0.899. The van der Waals surface area contributed by atoms with Crippen LogP contribution in [0.4, 0.5) is 5.82 Å². The van der Waals surface area contributed by atoms with Crippen molar-refractivity contribution in [3.8, 4) is 22.6 Å². The third-order valence-corrected chi connectivity index (χ3v) is 8.71. The van der Waals surface area contributed by atoms with Crippen molar-refractivity contribution in [2.75, 3.05) is 32.7 Å². The molecule has 0 unspecified atom stereocenters. The van der Waals surface area contributed by atoms with Crippen LogP contribution in [0.2, 0.25) is 0 Å². The molecular weight excluding hydrogens is 519 g/mol. The summed E-state index contributed by atoms with van der Waals surface area (Å²) in [7, 11) is 3.64. The molecule has 1 saturated heterocycles. The van der Waals surface area contributed by atoms with Crippen molar-refractivity contribution in [1.82, 2.24) is 15.3 Å². The van der Waals surface area contributed by atoms with E-state index in [1.54, 1.807) is 7.11 Å². The molecule has 188 valence electrons. The van der Waals surface area contributed by atoms with E-state index < -0.39 is 0 Å². The van der Waals surface area contributed by atoms with E-state index in [0.717, 1.165) is 36.3 Å². The average molecular weight is 552 g/mol. The van der Waals surface area contributed by atoms with Gasteiger partial charge in [0.15, 0.2) is 0 Å². The van der Waals surface area contributed by atoms with Crippen molar-refractivity contribution in [3.05, 3.63) is 63.2 Å². The molecule has 36 heavy (non-hydrogen) atoms. The number of methoxy groups -OCH3 is 1. The first-order valence-corrected chi connectivity index (χ1v) is 14.1. The van der Waals surface area contributed by atoms with Crippen LogP contribution in [-0.2, 0) is 11.3 Å². The van der Waals surface area contributed by atoms with Crippen molar-refractivity contribution in [1.29, 1.82) is 0 Å². The van der Waals surface area contributed by atoms with Gasteiger partial charge in [0.1, 0.15) is 0 Å². The van der Waals surface area contributed by atoms with E-state index >= 15 is 0 Å². The molecular formula is C28H32N4O3Se. The molecule has 0 saturated carbocycles. The van der Waals surface area contributed by atoms with Crippen LogP contribution in [0.3, 0.4) is 0 Å². The van der Waals surface area contributed by atoms with Crippen LogP contribution in [0.15, 0.2) is 47.4 Å². The van der Waals surface area contributed by atoms with Crippen LogP contribution >= 0.6 is 0 Å². The van der Waals surface area contributed by atoms with Gasteiger partial charge in [0.2, 0.25) is 0 Å². The summed E-state index contributed by atoms with van der Waals surface area (Å²) in [6, 6.07) is 15.0. The molecule has 1 aliphatic heterocycles. The summed E-state index contributed by atoms with van der Waals surface area (Å²) < 4.78 is 18.7. The van der Waals surface area contributed by atoms with Gasteiger partial charge >= 0.3 is 218 Å². The third-order valence-electron chi connectivity index (χ3n) is 6.37. The maximum absolute atomic E-state index is 6.23. The van der Waals surface area contributed by atoms with Gasteiger partial charge in [-0.25, -0.2) is 0 Å². The summed E-state index contributed by atoms with van der Waals surface area (Å²) in [5.41, 5.74) is 4.73. The van der Waals surface area contributed by atoms with Crippen molar-refractivity contribution >= 4 is 31.2 Å². The normalized spacial score (nSPS) is 16.3. The van der Waals surface area contributed by atoms with E-state index in [1.807, 2.05) is 26.1 Å². The molecule has 0 aliphatic carbocycles. The molecule has 0 radical (unpaired) electrons. The van der Waals surface area contributed by atoms with E-state index in [9.17, 15) is 0 Å². The predicted molar refractivity (Wildman–Crippen MR) is 144 cm³/mol. The number of aromatic nitrogens is 2. The van der Waals surface area contributed by atoms with Crippen LogP contribution in [0.25, 0.3) is 22.0 Å². The minimum atomic E-state index is 0.0275. The zero-order chi connectivity index (χ0) is 25.1. The van der Waals surface area contributed by atoms with E-state index in [-0.39, 0.29) is 26.6 Å². The van der Waals surface area contributed by atoms with Crippen molar-refractivity contribution in [3.63, 3.8) is 0 Å². The second-order valence-corrected chi connectivity index (χ2v) is 11.0. The van der Waals surface area contributed by atoms with E-state index in [2.05, 4.69) is 57.8 Å². The maximum atomic E-state index is 6.23. The molecule has 1 aliphatic rings. The van der Waals surface area contributed by atoms with Gasteiger partial charge in [-0.3, -0.25) is 0 Å². The molecule has 0 spiro atoms. The fourth-order valence-corrected chi connectivity index (χ4v) is 6.47. The van der Waals surface area contributed by atoms with Crippen LogP contribution in [0.1, 0.15) is 35.2 Å². The van der Waals surface area contributed by atoms with E-state index in [1.165, 1.54) is 21.1 Å². The number of aryl methyl sites for hydroxylation is 1. The third kappa shape index (κ3) is 5.27. The number of hydrogen-bond acceptors (Lipinski definition) is 7. The number of nitrogens with one attached hydrogen (secondary N) is 2. The molecule has 1 fully saturated rings. The van der Waals surface area contributed by atoms with Gasteiger partial charge in [-0.2, -0.15) is 0 Å². The first kappa shape index (κ1) is 24.8. The van der Waals surface area contributed by atoms with Gasteiger partial charge in [-0.15, -0.1) is 0 Å². The van der Waals surface area contributed by atoms with Crippen LogP contribution in [0.5, 0.6) is 11.5 Å². The number of fused-ring (bicyclic) bond motifs is 1. The first-order valence-electron chi connectivity index (χ1n) is 12.2. The van der Waals surface area contributed by atoms with Gasteiger partial charge in [-0.1, -0.05) is 0 Å². The average Bonchev–Trinajstić information content (AvgIpc) is 3.57. The summed E-state index contributed by atoms with van der Waals surface area (Å²) in [4.78, 5) is 11.8. The molecule has 2 atom stereocenters. The summed E-state index contributed by atoms with van der Waals surface area (Å²) in [5.74, 6) is 2.88. The van der Waals surface area contributed by atoms with Crippen molar-refractivity contribution < 1.29 is 14.2 Å². The summed E-state index contributed by atoms with van der Waals surface area (Å²) in [6.45, 7) is 6.28. The molecule has 4 aromatic rings. The zero-order valence-corrected chi connectivity index (χ0v) is 22.8. The Balaban J connectivity index is 1.44. The number of nitrogens with zero attached hydrogens (tertiary/aromatic N) is 2. The fourth-order valence-electron chi connectivity index (χ4n) is 4.54. The van der Waals surface area contributed by atoms with Crippen LogP contribution < -0.4 is 20.1 Å². The number of anilines is 1. The Labute approximate surface area is 218 Å². The first-order chi connectivity index (χ1) is 17.6. The molecule has 2 aromatic heterocycles. The van der Waals surface area contributed by atoms with Gasteiger partial charge in [0, 0.05) is 0 Å². The molecule has 3 heterocycles.